The van der Waals surface area contributed by atoms with E-state index in [1.165, 1.54) is 6.42 Å². The Balaban J connectivity index is 1.70. The van der Waals surface area contributed by atoms with Gasteiger partial charge >= 0.3 is 0 Å². The van der Waals surface area contributed by atoms with Crippen molar-refractivity contribution in [2.45, 2.75) is 32.7 Å². The van der Waals surface area contributed by atoms with Gasteiger partial charge in [0.1, 0.15) is 11.6 Å². The predicted octanol–water partition coefficient (Wildman–Crippen LogP) is 2.98. The predicted molar refractivity (Wildman–Crippen MR) is 90.4 cm³/mol. The van der Waals surface area contributed by atoms with E-state index >= 15 is 0 Å². The maximum atomic E-state index is 13.7. The van der Waals surface area contributed by atoms with Gasteiger partial charge in [-0.15, -0.1) is 0 Å². The lowest BCUT2D eigenvalue weighted by molar-refractivity contribution is 0.0946. The average molecular weight is 346 g/mol. The molecule has 3 rings (SSSR count). The number of amides is 1. The molecule has 0 spiro atoms. The average Bonchev–Trinajstić information content (AvgIpc) is 2.60. The van der Waals surface area contributed by atoms with Gasteiger partial charge in [0, 0.05) is 24.8 Å². The fraction of sp³-hybridized carbons (Fsp3) is 0.389. The second-order valence-corrected chi connectivity index (χ2v) is 6.16. The summed E-state index contributed by atoms with van der Waals surface area (Å²) in [4.78, 5) is 23.2. The summed E-state index contributed by atoms with van der Waals surface area (Å²) in [7, 11) is 0. The number of anilines is 1. The Morgan fingerprint density at radius 3 is 2.64 bits per heavy atom. The number of halogens is 2. The van der Waals surface area contributed by atoms with Gasteiger partial charge in [0.15, 0.2) is 0 Å². The molecule has 1 aliphatic heterocycles. The van der Waals surface area contributed by atoms with Crippen molar-refractivity contribution in [1.82, 2.24) is 15.3 Å². The van der Waals surface area contributed by atoms with Crippen LogP contribution in [-0.2, 0) is 6.54 Å². The molecule has 0 radical (unpaired) electrons. The van der Waals surface area contributed by atoms with Crippen molar-refractivity contribution in [2.24, 2.45) is 0 Å². The van der Waals surface area contributed by atoms with Gasteiger partial charge in [-0.25, -0.2) is 18.7 Å². The molecule has 1 fully saturated rings. The van der Waals surface area contributed by atoms with E-state index in [4.69, 9.17) is 0 Å². The highest BCUT2D eigenvalue weighted by molar-refractivity contribution is 5.94. The summed E-state index contributed by atoms with van der Waals surface area (Å²) in [6, 6.07) is 4.67. The quantitative estimate of drug-likeness (QED) is 0.925. The molecule has 5 nitrogen and oxygen atoms in total. The number of carbonyl (C=O) groups excluding carboxylic acids is 1. The van der Waals surface area contributed by atoms with Crippen LogP contribution in [0.5, 0.6) is 0 Å². The highest BCUT2D eigenvalue weighted by atomic mass is 19.1. The van der Waals surface area contributed by atoms with Gasteiger partial charge in [0.25, 0.3) is 5.91 Å². The fourth-order valence-electron chi connectivity index (χ4n) is 2.88. The van der Waals surface area contributed by atoms with E-state index in [0.717, 1.165) is 43.8 Å². The monoisotopic (exact) mass is 346 g/mol. The molecule has 1 aliphatic rings. The zero-order chi connectivity index (χ0) is 17.8. The van der Waals surface area contributed by atoms with Crippen LogP contribution in [0.3, 0.4) is 0 Å². The summed E-state index contributed by atoms with van der Waals surface area (Å²) in [5.41, 5.74) is 1.28. The normalized spacial score (nSPS) is 14.4. The molecular weight excluding hydrogens is 326 g/mol. The molecule has 2 aromatic rings. The minimum atomic E-state index is -0.884. The molecular formula is C18H20F2N4O. The number of carbonyl (C=O) groups is 1. The molecule has 1 N–H and O–H groups in total. The van der Waals surface area contributed by atoms with Crippen molar-refractivity contribution in [3.8, 4) is 0 Å². The second-order valence-electron chi connectivity index (χ2n) is 6.16. The number of aromatic nitrogens is 2. The van der Waals surface area contributed by atoms with Crippen LogP contribution in [0.15, 0.2) is 24.3 Å². The molecule has 0 bridgehead atoms. The second kappa shape index (κ2) is 7.55. The van der Waals surface area contributed by atoms with Gasteiger partial charge in [-0.3, -0.25) is 4.79 Å². The summed E-state index contributed by atoms with van der Waals surface area (Å²) >= 11 is 0. The smallest absolute Gasteiger partial charge is 0.254 e. The first-order chi connectivity index (χ1) is 12.0. The first-order valence-corrected chi connectivity index (χ1v) is 8.36. The first kappa shape index (κ1) is 17.3. The standard InChI is InChI=1S/C18H20F2N4O/c1-12-9-14(23-18(22-12)24-7-3-2-4-8-24)11-21-17(25)15-6-5-13(19)10-16(15)20/h5-6,9-10H,2-4,7-8,11H2,1H3,(H,21,25). The summed E-state index contributed by atoms with van der Waals surface area (Å²) in [5.74, 6) is -1.54. The third-order valence-electron chi connectivity index (χ3n) is 4.14. The summed E-state index contributed by atoms with van der Waals surface area (Å²) in [6.45, 7) is 3.88. The summed E-state index contributed by atoms with van der Waals surface area (Å²) in [6.07, 6.45) is 3.45. The van der Waals surface area contributed by atoms with E-state index in [1.807, 2.05) is 6.92 Å². The van der Waals surface area contributed by atoms with Gasteiger partial charge < -0.3 is 10.2 Å². The van der Waals surface area contributed by atoms with Crippen molar-refractivity contribution in [3.05, 3.63) is 52.9 Å². The Morgan fingerprint density at radius 1 is 1.16 bits per heavy atom. The van der Waals surface area contributed by atoms with Gasteiger partial charge in [-0.2, -0.15) is 0 Å². The Bertz CT molecular complexity index is 776. The SMILES string of the molecule is Cc1cc(CNC(=O)c2ccc(F)cc2F)nc(N2CCCCC2)n1. The molecule has 132 valence electrons. The zero-order valence-electron chi connectivity index (χ0n) is 14.1. The van der Waals surface area contributed by atoms with Gasteiger partial charge in [0.05, 0.1) is 17.8 Å². The van der Waals surface area contributed by atoms with Crippen LogP contribution in [0.2, 0.25) is 0 Å². The van der Waals surface area contributed by atoms with Crippen LogP contribution >= 0.6 is 0 Å². The van der Waals surface area contributed by atoms with Crippen LogP contribution in [0.25, 0.3) is 0 Å². The molecule has 2 heterocycles. The number of hydrogen-bond acceptors (Lipinski definition) is 4. The molecule has 1 saturated heterocycles. The lowest BCUT2D eigenvalue weighted by Crippen LogP contribution is -2.32. The van der Waals surface area contributed by atoms with Crippen molar-refractivity contribution in [1.29, 1.82) is 0 Å². The van der Waals surface area contributed by atoms with E-state index in [0.29, 0.717) is 17.7 Å². The maximum Gasteiger partial charge on any atom is 0.254 e. The van der Waals surface area contributed by atoms with Crippen LogP contribution in [-0.4, -0.2) is 29.0 Å². The van der Waals surface area contributed by atoms with E-state index in [2.05, 4.69) is 20.2 Å². The lowest BCUT2D eigenvalue weighted by atomic mass is 10.1. The van der Waals surface area contributed by atoms with E-state index < -0.39 is 17.5 Å². The first-order valence-electron chi connectivity index (χ1n) is 8.36. The molecule has 0 aliphatic carbocycles. The molecule has 1 aromatic heterocycles. The third-order valence-corrected chi connectivity index (χ3v) is 4.14. The molecule has 25 heavy (non-hydrogen) atoms. The fourth-order valence-corrected chi connectivity index (χ4v) is 2.88. The number of aryl methyl sites for hydroxylation is 1. The summed E-state index contributed by atoms with van der Waals surface area (Å²) in [5, 5.41) is 2.62. The number of nitrogens with zero attached hydrogens (tertiary/aromatic N) is 3. The molecule has 0 unspecified atom stereocenters. The van der Waals surface area contributed by atoms with Crippen molar-refractivity contribution >= 4 is 11.9 Å². The van der Waals surface area contributed by atoms with Crippen LogP contribution in [0, 0.1) is 18.6 Å². The minimum Gasteiger partial charge on any atom is -0.346 e. The topological polar surface area (TPSA) is 58.1 Å². The van der Waals surface area contributed by atoms with Crippen LogP contribution < -0.4 is 10.2 Å². The van der Waals surface area contributed by atoms with Crippen LogP contribution in [0.4, 0.5) is 14.7 Å². The number of rotatable bonds is 4. The van der Waals surface area contributed by atoms with E-state index in [1.54, 1.807) is 6.07 Å². The number of benzene rings is 1. The lowest BCUT2D eigenvalue weighted by Gasteiger charge is -2.27. The number of nitrogens with one attached hydrogen (secondary N) is 1. The highest BCUT2D eigenvalue weighted by Gasteiger charge is 2.16. The highest BCUT2D eigenvalue weighted by Crippen LogP contribution is 2.17. The van der Waals surface area contributed by atoms with Gasteiger partial charge in [0.2, 0.25) is 5.95 Å². The van der Waals surface area contributed by atoms with E-state index in [9.17, 15) is 13.6 Å². The Labute approximate surface area is 145 Å². The molecule has 0 saturated carbocycles. The Kier molecular flexibility index (Phi) is 5.21. The summed E-state index contributed by atoms with van der Waals surface area (Å²) < 4.78 is 26.6. The van der Waals surface area contributed by atoms with Crippen molar-refractivity contribution in [2.75, 3.05) is 18.0 Å². The maximum absolute atomic E-state index is 13.7. The third kappa shape index (κ3) is 4.29. The minimum absolute atomic E-state index is 0.153. The number of piperidine rings is 1. The molecule has 1 aromatic carbocycles. The molecule has 0 atom stereocenters. The van der Waals surface area contributed by atoms with Gasteiger partial charge in [-0.05, 0) is 44.4 Å². The van der Waals surface area contributed by atoms with Crippen molar-refractivity contribution < 1.29 is 13.6 Å². The molecule has 7 heteroatoms. The Hall–Kier alpha value is -2.57. The zero-order valence-corrected chi connectivity index (χ0v) is 14.1. The van der Waals surface area contributed by atoms with Gasteiger partial charge in [-0.1, -0.05) is 0 Å². The molecule has 1 amide bonds. The largest absolute Gasteiger partial charge is 0.346 e. The Morgan fingerprint density at radius 2 is 1.92 bits per heavy atom. The number of hydrogen-bond donors (Lipinski definition) is 1. The van der Waals surface area contributed by atoms with Crippen LogP contribution in [0.1, 0.15) is 41.0 Å². The van der Waals surface area contributed by atoms with Crippen molar-refractivity contribution in [3.63, 3.8) is 0 Å². The van der Waals surface area contributed by atoms with E-state index in [-0.39, 0.29) is 12.1 Å².